The van der Waals surface area contributed by atoms with Crippen molar-refractivity contribution in [1.82, 2.24) is 9.78 Å². The number of hydrogen-bond acceptors (Lipinski definition) is 5. The van der Waals surface area contributed by atoms with Crippen molar-refractivity contribution in [1.29, 1.82) is 0 Å². The largest absolute Gasteiger partial charge is 0.497 e. The van der Waals surface area contributed by atoms with Crippen LogP contribution in [-0.4, -0.2) is 28.4 Å². The highest BCUT2D eigenvalue weighted by atomic mass is 16.6. The van der Waals surface area contributed by atoms with E-state index in [1.165, 1.54) is 6.20 Å². The normalized spacial score (nSPS) is 10.7. The van der Waals surface area contributed by atoms with Crippen LogP contribution in [0.5, 0.6) is 5.75 Å². The van der Waals surface area contributed by atoms with Crippen LogP contribution in [0.2, 0.25) is 0 Å². The molecule has 1 N–H and O–H groups in total. The van der Waals surface area contributed by atoms with Gasteiger partial charge >= 0.3 is 5.69 Å². The highest BCUT2D eigenvalue weighted by molar-refractivity contribution is 5.54. The van der Waals surface area contributed by atoms with Crippen LogP contribution in [0.15, 0.2) is 30.5 Å². The third-order valence-corrected chi connectivity index (χ3v) is 3.28. The SMILES string of the molecule is COc1cccc(CCNc2nn(C(C)C)cc2[N+](=O)[O-])c1. The van der Waals surface area contributed by atoms with Crippen molar-refractivity contribution < 1.29 is 9.66 Å². The lowest BCUT2D eigenvalue weighted by atomic mass is 10.1. The second-order valence-electron chi connectivity index (χ2n) is 5.22. The molecular formula is C15H20N4O3. The molecule has 0 aliphatic carbocycles. The summed E-state index contributed by atoms with van der Waals surface area (Å²) >= 11 is 0. The molecule has 0 saturated carbocycles. The monoisotopic (exact) mass is 304 g/mol. The van der Waals surface area contributed by atoms with Crippen LogP contribution in [0.1, 0.15) is 25.5 Å². The zero-order valence-corrected chi connectivity index (χ0v) is 12.9. The van der Waals surface area contributed by atoms with E-state index in [0.717, 1.165) is 17.7 Å². The van der Waals surface area contributed by atoms with E-state index in [4.69, 9.17) is 4.74 Å². The Morgan fingerprint density at radius 1 is 1.45 bits per heavy atom. The van der Waals surface area contributed by atoms with Crippen LogP contribution in [0.4, 0.5) is 11.5 Å². The maximum Gasteiger partial charge on any atom is 0.330 e. The highest BCUT2D eigenvalue weighted by Gasteiger charge is 2.19. The van der Waals surface area contributed by atoms with Gasteiger partial charge in [-0.2, -0.15) is 0 Å². The Morgan fingerprint density at radius 3 is 2.86 bits per heavy atom. The number of aromatic nitrogens is 2. The number of benzene rings is 1. The maximum atomic E-state index is 11.1. The summed E-state index contributed by atoms with van der Waals surface area (Å²) in [6.45, 7) is 4.41. The van der Waals surface area contributed by atoms with Gasteiger partial charge < -0.3 is 10.1 Å². The van der Waals surface area contributed by atoms with Crippen LogP contribution in [0, 0.1) is 10.1 Å². The molecule has 0 atom stereocenters. The van der Waals surface area contributed by atoms with E-state index in [1.807, 2.05) is 38.1 Å². The van der Waals surface area contributed by atoms with Crippen LogP contribution >= 0.6 is 0 Å². The Morgan fingerprint density at radius 2 is 2.23 bits per heavy atom. The lowest BCUT2D eigenvalue weighted by Crippen LogP contribution is -2.08. The lowest BCUT2D eigenvalue weighted by molar-refractivity contribution is -0.384. The third-order valence-electron chi connectivity index (χ3n) is 3.28. The fourth-order valence-electron chi connectivity index (χ4n) is 2.06. The second kappa shape index (κ2) is 6.93. The topological polar surface area (TPSA) is 82.2 Å². The molecule has 2 aromatic rings. The van der Waals surface area contributed by atoms with Crippen molar-refractivity contribution in [3.63, 3.8) is 0 Å². The predicted octanol–water partition coefficient (Wildman–Crippen LogP) is 3.04. The van der Waals surface area contributed by atoms with Crippen molar-refractivity contribution in [2.75, 3.05) is 19.0 Å². The van der Waals surface area contributed by atoms with Gasteiger partial charge in [0.2, 0.25) is 5.82 Å². The lowest BCUT2D eigenvalue weighted by Gasteiger charge is -2.06. The second-order valence-corrected chi connectivity index (χ2v) is 5.22. The molecule has 2 rings (SSSR count). The molecule has 0 saturated heterocycles. The number of rotatable bonds is 7. The summed E-state index contributed by atoms with van der Waals surface area (Å²) in [5.74, 6) is 1.11. The molecule has 0 amide bonds. The van der Waals surface area contributed by atoms with Gasteiger partial charge in [-0.05, 0) is 38.0 Å². The summed E-state index contributed by atoms with van der Waals surface area (Å²) in [6, 6.07) is 7.82. The molecule has 22 heavy (non-hydrogen) atoms. The first-order chi connectivity index (χ1) is 10.5. The Balaban J connectivity index is 2.03. The molecule has 0 unspecified atom stereocenters. The van der Waals surface area contributed by atoms with Crippen molar-refractivity contribution in [3.05, 3.63) is 46.1 Å². The molecule has 7 heteroatoms. The van der Waals surface area contributed by atoms with Gasteiger partial charge in [0.25, 0.3) is 0 Å². The van der Waals surface area contributed by atoms with Crippen molar-refractivity contribution in [3.8, 4) is 5.75 Å². The maximum absolute atomic E-state index is 11.1. The molecule has 0 aliphatic rings. The zero-order valence-electron chi connectivity index (χ0n) is 12.9. The standard InChI is InChI=1S/C15H20N4O3/c1-11(2)18-10-14(19(20)21)15(17-18)16-8-7-12-5-4-6-13(9-12)22-3/h4-6,9-11H,7-8H2,1-3H3,(H,16,17). The van der Waals surface area contributed by atoms with Gasteiger partial charge in [0.1, 0.15) is 11.9 Å². The molecule has 0 aliphatic heterocycles. The number of anilines is 1. The van der Waals surface area contributed by atoms with Gasteiger partial charge in [0.15, 0.2) is 0 Å². The summed E-state index contributed by atoms with van der Waals surface area (Å²) in [4.78, 5) is 10.7. The predicted molar refractivity (Wildman–Crippen MR) is 84.5 cm³/mol. The minimum absolute atomic E-state index is 0.000609. The summed E-state index contributed by atoms with van der Waals surface area (Å²) in [6.07, 6.45) is 2.18. The average molecular weight is 304 g/mol. The molecule has 1 heterocycles. The van der Waals surface area contributed by atoms with Gasteiger partial charge in [-0.15, -0.1) is 5.10 Å². The summed E-state index contributed by atoms with van der Waals surface area (Å²) in [5.41, 5.74) is 1.09. The quantitative estimate of drug-likeness (QED) is 0.628. The third kappa shape index (κ3) is 3.75. The fourth-order valence-corrected chi connectivity index (χ4v) is 2.06. The van der Waals surface area contributed by atoms with Crippen molar-refractivity contribution in [2.24, 2.45) is 0 Å². The van der Waals surface area contributed by atoms with Gasteiger partial charge in [-0.1, -0.05) is 12.1 Å². The molecule has 7 nitrogen and oxygen atoms in total. The fraction of sp³-hybridized carbons (Fsp3) is 0.400. The molecule has 1 aromatic carbocycles. The van der Waals surface area contributed by atoms with Gasteiger partial charge in [-0.25, -0.2) is 0 Å². The average Bonchev–Trinajstić information content (AvgIpc) is 2.92. The molecule has 118 valence electrons. The summed E-state index contributed by atoms with van der Waals surface area (Å²) < 4.78 is 6.76. The first-order valence-corrected chi connectivity index (χ1v) is 7.11. The van der Waals surface area contributed by atoms with Crippen molar-refractivity contribution in [2.45, 2.75) is 26.3 Å². The van der Waals surface area contributed by atoms with Crippen LogP contribution in [-0.2, 0) is 6.42 Å². The number of nitro groups is 1. The Kier molecular flexibility index (Phi) is 4.98. The zero-order chi connectivity index (χ0) is 16.1. The van der Waals surface area contributed by atoms with E-state index >= 15 is 0 Å². The minimum Gasteiger partial charge on any atom is -0.497 e. The molecule has 0 spiro atoms. The number of methoxy groups -OCH3 is 1. The smallest absolute Gasteiger partial charge is 0.330 e. The van der Waals surface area contributed by atoms with E-state index < -0.39 is 4.92 Å². The van der Waals surface area contributed by atoms with E-state index in [1.54, 1.807) is 11.8 Å². The Hall–Kier alpha value is -2.57. The van der Waals surface area contributed by atoms with Gasteiger partial charge in [-0.3, -0.25) is 14.8 Å². The minimum atomic E-state index is -0.417. The van der Waals surface area contributed by atoms with Crippen LogP contribution in [0.25, 0.3) is 0 Å². The molecule has 0 radical (unpaired) electrons. The Labute approximate surface area is 129 Å². The number of nitrogens with one attached hydrogen (secondary N) is 1. The number of nitrogens with zero attached hydrogens (tertiary/aromatic N) is 3. The number of hydrogen-bond donors (Lipinski definition) is 1. The van der Waals surface area contributed by atoms with Crippen molar-refractivity contribution >= 4 is 11.5 Å². The van der Waals surface area contributed by atoms with E-state index in [9.17, 15) is 10.1 Å². The molecular weight excluding hydrogens is 284 g/mol. The molecule has 0 fully saturated rings. The van der Waals surface area contributed by atoms with E-state index in [-0.39, 0.29) is 11.7 Å². The summed E-state index contributed by atoms with van der Waals surface area (Å²) in [7, 11) is 1.62. The molecule has 1 aromatic heterocycles. The first-order valence-electron chi connectivity index (χ1n) is 7.11. The highest BCUT2D eigenvalue weighted by Crippen LogP contribution is 2.24. The summed E-state index contributed by atoms with van der Waals surface area (Å²) in [5, 5.41) is 18.3. The van der Waals surface area contributed by atoms with E-state index in [0.29, 0.717) is 12.4 Å². The van der Waals surface area contributed by atoms with Crippen LogP contribution in [0.3, 0.4) is 0 Å². The Bertz CT molecular complexity index is 652. The number of ether oxygens (including phenoxy) is 1. The molecule has 0 bridgehead atoms. The van der Waals surface area contributed by atoms with Crippen LogP contribution < -0.4 is 10.1 Å². The van der Waals surface area contributed by atoms with Gasteiger partial charge in [0, 0.05) is 12.6 Å². The van der Waals surface area contributed by atoms with Gasteiger partial charge in [0.05, 0.1) is 12.0 Å². The first kappa shape index (κ1) is 15.8. The van der Waals surface area contributed by atoms with E-state index in [2.05, 4.69) is 10.4 Å².